The molecule has 1 nitrogen and oxygen atoms in total. The van der Waals surface area contributed by atoms with Crippen molar-refractivity contribution < 1.29 is 35.5 Å². The first-order valence-electron chi connectivity index (χ1n) is 10.3. The number of carbonyl (C=O) groups excluding carboxylic acids is 1. The summed E-state index contributed by atoms with van der Waals surface area (Å²) in [7, 11) is 0. The quantitative estimate of drug-likeness (QED) is 0.172. The van der Waals surface area contributed by atoms with E-state index in [0.717, 1.165) is 24.3 Å². The first kappa shape index (κ1) is 30.8. The van der Waals surface area contributed by atoms with E-state index in [2.05, 4.69) is 0 Å². The highest BCUT2D eigenvalue weighted by molar-refractivity contribution is 7.99. The van der Waals surface area contributed by atoms with Crippen molar-refractivity contribution in [3.05, 3.63) is 73.7 Å². The summed E-state index contributed by atoms with van der Waals surface area (Å²) in [5.41, 5.74) is -3.44. The summed E-state index contributed by atoms with van der Waals surface area (Å²) in [6.07, 6.45) is -8.34. The molecule has 2 aromatic rings. The summed E-state index contributed by atoms with van der Waals surface area (Å²) in [5, 5.41) is -0.829. The Bertz CT molecular complexity index is 1120. The number of allylic oxidation sites excluding steroid dienone is 1. The molecule has 12 heteroatoms. The maximum atomic E-state index is 15.0. The number of halogens is 10. The Labute approximate surface area is 223 Å². The van der Waals surface area contributed by atoms with Crippen LogP contribution in [-0.2, 0) is 6.18 Å². The van der Waals surface area contributed by atoms with Gasteiger partial charge < -0.3 is 0 Å². The summed E-state index contributed by atoms with van der Waals surface area (Å²) < 4.78 is 97.4. The van der Waals surface area contributed by atoms with E-state index in [0.29, 0.717) is 6.07 Å². The van der Waals surface area contributed by atoms with E-state index >= 15 is 0 Å². The molecule has 0 aliphatic rings. The maximum absolute atomic E-state index is 15.0. The molecule has 0 amide bonds. The summed E-state index contributed by atoms with van der Waals surface area (Å²) in [6, 6.07) is 3.64. The molecule has 0 N–H and O–H groups in total. The Kier molecular flexibility index (Phi) is 10.2. The van der Waals surface area contributed by atoms with E-state index < -0.39 is 52.1 Å². The number of hydrogen-bond acceptors (Lipinski definition) is 2. The van der Waals surface area contributed by atoms with Gasteiger partial charge in [0.1, 0.15) is 11.7 Å². The lowest BCUT2D eigenvalue weighted by molar-refractivity contribution is -0.140. The second kappa shape index (κ2) is 12.0. The van der Waals surface area contributed by atoms with Crippen LogP contribution in [0.15, 0.2) is 36.4 Å². The van der Waals surface area contributed by atoms with Crippen LogP contribution in [0.25, 0.3) is 5.83 Å². The number of carbonyl (C=O) groups is 1. The molecule has 0 spiro atoms. The predicted molar refractivity (Wildman–Crippen MR) is 132 cm³/mol. The Morgan fingerprint density at radius 1 is 1.00 bits per heavy atom. The summed E-state index contributed by atoms with van der Waals surface area (Å²) >= 11 is 18.8. The molecule has 3 unspecified atom stereocenters. The third-order valence-electron chi connectivity index (χ3n) is 5.61. The van der Waals surface area contributed by atoms with Gasteiger partial charge in [-0.05, 0) is 42.0 Å². The Balaban J connectivity index is 2.55. The summed E-state index contributed by atoms with van der Waals surface area (Å²) in [4.78, 5) is 12.6. The lowest BCUT2D eigenvalue weighted by Crippen LogP contribution is -2.20. The zero-order valence-corrected chi connectivity index (χ0v) is 22.1. The van der Waals surface area contributed by atoms with Gasteiger partial charge in [-0.1, -0.05) is 60.8 Å². The first-order valence-corrected chi connectivity index (χ1v) is 12.8. The number of rotatable bonds is 8. The van der Waals surface area contributed by atoms with Crippen molar-refractivity contribution in [2.75, 3.05) is 6.26 Å². The molecule has 0 aromatic heterocycles. The van der Waals surface area contributed by atoms with Gasteiger partial charge >= 0.3 is 12.4 Å². The van der Waals surface area contributed by atoms with Crippen LogP contribution in [0.5, 0.6) is 0 Å². The van der Waals surface area contributed by atoms with Crippen molar-refractivity contribution in [3.63, 3.8) is 0 Å². The molecule has 0 saturated carbocycles. The van der Waals surface area contributed by atoms with Crippen molar-refractivity contribution >= 4 is 58.2 Å². The standard InChI is InChI=1S/C24H20Cl3F7OS/c1-11(12(2)36-3)6-21(35)15-5-4-13(7-17(15)24(32,33)34)20(28)10-16(23(29,30)31)14-8-18(25)22(27)19(26)9-14/h4-5,7-12,16H,6H2,1-3H3/b20-10-. The minimum Gasteiger partial charge on any atom is -0.294 e. The van der Waals surface area contributed by atoms with Crippen LogP contribution in [0.1, 0.15) is 53.2 Å². The molecule has 0 radical (unpaired) electrons. The van der Waals surface area contributed by atoms with Gasteiger partial charge in [-0.2, -0.15) is 38.1 Å². The van der Waals surface area contributed by atoms with Crippen molar-refractivity contribution in [1.29, 1.82) is 0 Å². The fourth-order valence-corrected chi connectivity index (χ4v) is 4.52. The van der Waals surface area contributed by atoms with E-state index in [9.17, 15) is 35.5 Å². The zero-order valence-electron chi connectivity index (χ0n) is 19.0. The molecule has 198 valence electrons. The molecule has 36 heavy (non-hydrogen) atoms. The summed E-state index contributed by atoms with van der Waals surface area (Å²) in [5.74, 6) is -5.21. The third-order valence-corrected chi connectivity index (χ3v) is 8.02. The van der Waals surface area contributed by atoms with Gasteiger partial charge in [0.15, 0.2) is 5.78 Å². The minimum atomic E-state index is -5.05. The molecule has 0 aliphatic heterocycles. The van der Waals surface area contributed by atoms with Crippen LogP contribution < -0.4 is 0 Å². The lowest BCUT2D eigenvalue weighted by Gasteiger charge is -2.20. The van der Waals surface area contributed by atoms with Crippen LogP contribution in [-0.4, -0.2) is 23.5 Å². The van der Waals surface area contributed by atoms with E-state index in [4.69, 9.17) is 34.8 Å². The first-order chi connectivity index (χ1) is 16.5. The van der Waals surface area contributed by atoms with Crippen molar-refractivity contribution in [1.82, 2.24) is 0 Å². The fraction of sp³-hybridized carbons (Fsp3) is 0.375. The molecule has 3 atom stereocenters. The van der Waals surface area contributed by atoms with Crippen molar-refractivity contribution in [2.24, 2.45) is 5.92 Å². The number of alkyl halides is 6. The average molecular weight is 596 g/mol. The van der Waals surface area contributed by atoms with Gasteiger partial charge in [0.2, 0.25) is 0 Å². The molecule has 0 bridgehead atoms. The largest absolute Gasteiger partial charge is 0.417 e. The normalized spacial score (nSPS) is 15.5. The van der Waals surface area contributed by atoms with Crippen LogP contribution >= 0.6 is 46.6 Å². The number of ketones is 1. The van der Waals surface area contributed by atoms with Crippen LogP contribution in [0.3, 0.4) is 0 Å². The molecular weight excluding hydrogens is 576 g/mol. The van der Waals surface area contributed by atoms with Crippen LogP contribution in [0.2, 0.25) is 15.1 Å². The Hall–Kier alpha value is -1.42. The van der Waals surface area contributed by atoms with E-state index in [1.807, 2.05) is 6.92 Å². The Morgan fingerprint density at radius 2 is 1.56 bits per heavy atom. The second-order valence-corrected chi connectivity index (χ2v) is 10.5. The number of benzene rings is 2. The van der Waals surface area contributed by atoms with Gasteiger partial charge in [-0.15, -0.1) is 0 Å². The minimum absolute atomic E-state index is 0.00267. The second-order valence-electron chi connectivity index (χ2n) is 8.14. The summed E-state index contributed by atoms with van der Waals surface area (Å²) in [6.45, 7) is 3.55. The number of Topliss-reactive ketones (excluding diaryl/α,β-unsaturated/α-hetero) is 1. The van der Waals surface area contributed by atoms with Crippen molar-refractivity contribution in [3.8, 4) is 0 Å². The number of thioether (sulfide) groups is 1. The monoisotopic (exact) mass is 594 g/mol. The highest BCUT2D eigenvalue weighted by Crippen LogP contribution is 2.43. The smallest absolute Gasteiger partial charge is 0.294 e. The molecule has 0 heterocycles. The van der Waals surface area contributed by atoms with Crippen LogP contribution in [0.4, 0.5) is 30.7 Å². The van der Waals surface area contributed by atoms with Gasteiger partial charge in [0.05, 0.1) is 20.6 Å². The SMILES string of the molecule is CSC(C)C(C)CC(=O)c1ccc(/C(F)=C/C(c2cc(Cl)c(Cl)c(Cl)c2)C(F)(F)F)cc1C(F)(F)F. The Morgan fingerprint density at radius 3 is 2.03 bits per heavy atom. The number of hydrogen-bond donors (Lipinski definition) is 0. The molecule has 0 saturated heterocycles. The van der Waals surface area contributed by atoms with Crippen molar-refractivity contribution in [2.45, 2.75) is 43.8 Å². The average Bonchev–Trinajstić information content (AvgIpc) is 2.78. The van der Waals surface area contributed by atoms with E-state index in [-0.39, 0.29) is 38.7 Å². The highest BCUT2D eigenvalue weighted by Gasteiger charge is 2.41. The zero-order chi connectivity index (χ0) is 27.6. The molecular formula is C24H20Cl3F7OS. The fourth-order valence-electron chi connectivity index (χ4n) is 3.35. The molecule has 0 fully saturated rings. The maximum Gasteiger partial charge on any atom is 0.417 e. The molecule has 0 aliphatic carbocycles. The van der Waals surface area contributed by atoms with Crippen LogP contribution in [0, 0.1) is 5.92 Å². The topological polar surface area (TPSA) is 17.1 Å². The van der Waals surface area contributed by atoms with Gasteiger partial charge in [0.25, 0.3) is 0 Å². The van der Waals surface area contributed by atoms with E-state index in [1.54, 1.807) is 13.2 Å². The molecule has 2 rings (SSSR count). The predicted octanol–water partition coefficient (Wildman–Crippen LogP) is 10.3. The third kappa shape index (κ3) is 7.55. The van der Waals surface area contributed by atoms with E-state index in [1.165, 1.54) is 11.8 Å². The molecule has 2 aromatic carbocycles. The van der Waals surface area contributed by atoms with Gasteiger partial charge in [-0.3, -0.25) is 4.79 Å². The lowest BCUT2D eigenvalue weighted by atomic mass is 9.92. The van der Waals surface area contributed by atoms with Gasteiger partial charge in [-0.25, -0.2) is 4.39 Å². The van der Waals surface area contributed by atoms with Gasteiger partial charge in [0, 0.05) is 22.8 Å². The highest BCUT2D eigenvalue weighted by atomic mass is 35.5.